The third kappa shape index (κ3) is 4.72. The summed E-state index contributed by atoms with van der Waals surface area (Å²) in [6.07, 6.45) is 7.19. The van der Waals surface area contributed by atoms with Crippen molar-refractivity contribution in [3.8, 4) is 0 Å². The van der Waals surface area contributed by atoms with Gasteiger partial charge in [0.2, 0.25) is 0 Å². The molecule has 23 heavy (non-hydrogen) atoms. The van der Waals surface area contributed by atoms with E-state index in [0.29, 0.717) is 10.1 Å². The minimum atomic E-state index is -3.13. The predicted molar refractivity (Wildman–Crippen MR) is 94.5 cm³/mol. The number of sulfone groups is 1. The molecule has 3 rings (SSSR count). The number of hydrogen-bond donors (Lipinski definition) is 1. The van der Waals surface area contributed by atoms with Crippen molar-refractivity contribution in [2.24, 2.45) is 0 Å². The summed E-state index contributed by atoms with van der Waals surface area (Å²) in [5.41, 5.74) is 1.14. The van der Waals surface area contributed by atoms with Gasteiger partial charge in [0, 0.05) is 17.5 Å². The Hall–Kier alpha value is -0.560. The van der Waals surface area contributed by atoms with Gasteiger partial charge < -0.3 is 4.74 Å². The minimum absolute atomic E-state index is 0.115. The van der Waals surface area contributed by atoms with E-state index in [2.05, 4.69) is 5.32 Å². The van der Waals surface area contributed by atoms with Crippen LogP contribution in [-0.4, -0.2) is 38.5 Å². The van der Waals surface area contributed by atoms with Crippen LogP contribution in [0.1, 0.15) is 43.7 Å². The first-order chi connectivity index (χ1) is 11.0. The average Bonchev–Trinajstić information content (AvgIpc) is 3.06. The van der Waals surface area contributed by atoms with Crippen LogP contribution in [0.3, 0.4) is 0 Å². The molecular weight excluding hydrogens is 330 g/mol. The van der Waals surface area contributed by atoms with Gasteiger partial charge in [0.15, 0.2) is 9.84 Å². The molecule has 128 valence electrons. The van der Waals surface area contributed by atoms with E-state index in [-0.39, 0.29) is 12.3 Å². The topological polar surface area (TPSA) is 55.4 Å². The Kier molecular flexibility index (Phi) is 5.67. The van der Waals surface area contributed by atoms with Gasteiger partial charge in [-0.1, -0.05) is 12.1 Å². The Morgan fingerprint density at radius 2 is 1.96 bits per heavy atom. The molecule has 2 heterocycles. The standard InChI is InChI=1S/C17H25NO3S2/c1-23(19,20)15-9-7-13(8-10-15)16-5-2-6-17(18-16)21-12-14-4-3-11-22-14/h7-10,14,16-18H,2-6,11-12H2,1H3. The highest BCUT2D eigenvalue weighted by atomic mass is 32.2. The third-order valence-electron chi connectivity index (χ3n) is 4.56. The number of ether oxygens (including phenoxy) is 1. The van der Waals surface area contributed by atoms with Gasteiger partial charge >= 0.3 is 0 Å². The second-order valence-corrected chi connectivity index (χ2v) is 9.87. The molecule has 0 bridgehead atoms. The lowest BCUT2D eigenvalue weighted by Gasteiger charge is -2.32. The van der Waals surface area contributed by atoms with E-state index in [1.807, 2.05) is 23.9 Å². The molecule has 0 aliphatic carbocycles. The van der Waals surface area contributed by atoms with Crippen LogP contribution in [0.4, 0.5) is 0 Å². The molecule has 1 aromatic rings. The van der Waals surface area contributed by atoms with Gasteiger partial charge in [0.05, 0.1) is 11.5 Å². The second-order valence-electron chi connectivity index (χ2n) is 6.45. The maximum absolute atomic E-state index is 11.5. The van der Waals surface area contributed by atoms with Crippen LogP contribution < -0.4 is 5.32 Å². The molecule has 3 atom stereocenters. The summed E-state index contributed by atoms with van der Waals surface area (Å²) in [4.78, 5) is 0.378. The number of piperidine rings is 1. The summed E-state index contributed by atoms with van der Waals surface area (Å²) >= 11 is 2.02. The number of thioether (sulfide) groups is 1. The molecule has 2 aliphatic heterocycles. The normalized spacial score (nSPS) is 28.8. The van der Waals surface area contributed by atoms with Crippen LogP contribution in [0.2, 0.25) is 0 Å². The fourth-order valence-corrected chi connectivity index (χ4v) is 5.04. The summed E-state index contributed by atoms with van der Waals surface area (Å²) in [7, 11) is -3.13. The summed E-state index contributed by atoms with van der Waals surface area (Å²) < 4.78 is 29.2. The summed E-state index contributed by atoms with van der Waals surface area (Å²) in [6.45, 7) is 0.835. The Labute approximate surface area is 143 Å². The maximum Gasteiger partial charge on any atom is 0.175 e. The first-order valence-corrected chi connectivity index (χ1v) is 11.3. The molecule has 2 saturated heterocycles. The third-order valence-corrected chi connectivity index (χ3v) is 7.06. The number of hydrogen-bond acceptors (Lipinski definition) is 5. The molecule has 0 spiro atoms. The van der Waals surface area contributed by atoms with Crippen molar-refractivity contribution >= 4 is 21.6 Å². The van der Waals surface area contributed by atoms with Gasteiger partial charge in [-0.25, -0.2) is 8.42 Å². The lowest BCUT2D eigenvalue weighted by atomic mass is 9.97. The van der Waals surface area contributed by atoms with Crippen LogP contribution in [-0.2, 0) is 14.6 Å². The quantitative estimate of drug-likeness (QED) is 0.879. The number of nitrogens with one attached hydrogen (secondary N) is 1. The van der Waals surface area contributed by atoms with Gasteiger partial charge in [0.25, 0.3) is 0 Å². The molecule has 0 amide bonds. The maximum atomic E-state index is 11.5. The van der Waals surface area contributed by atoms with Crippen LogP contribution in [0.25, 0.3) is 0 Å². The zero-order chi connectivity index (χ0) is 16.3. The van der Waals surface area contributed by atoms with Gasteiger partial charge in [-0.3, -0.25) is 5.32 Å². The first-order valence-electron chi connectivity index (χ1n) is 8.31. The Morgan fingerprint density at radius 3 is 2.61 bits per heavy atom. The lowest BCUT2D eigenvalue weighted by Crippen LogP contribution is -2.39. The summed E-state index contributed by atoms with van der Waals surface area (Å²) in [5, 5.41) is 4.23. The van der Waals surface area contributed by atoms with Crippen molar-refractivity contribution in [1.29, 1.82) is 0 Å². The predicted octanol–water partition coefficient (Wildman–Crippen LogP) is 3.14. The van der Waals surface area contributed by atoms with Gasteiger partial charge in [-0.15, -0.1) is 0 Å². The first kappa shape index (κ1) is 17.3. The van der Waals surface area contributed by atoms with E-state index < -0.39 is 9.84 Å². The molecule has 6 heteroatoms. The second kappa shape index (κ2) is 7.55. The minimum Gasteiger partial charge on any atom is -0.362 e. The highest BCUT2D eigenvalue weighted by Gasteiger charge is 2.24. The van der Waals surface area contributed by atoms with Crippen molar-refractivity contribution in [3.63, 3.8) is 0 Å². The van der Waals surface area contributed by atoms with Crippen molar-refractivity contribution in [1.82, 2.24) is 5.32 Å². The van der Waals surface area contributed by atoms with Crippen molar-refractivity contribution in [2.75, 3.05) is 18.6 Å². The van der Waals surface area contributed by atoms with E-state index in [1.165, 1.54) is 24.9 Å². The van der Waals surface area contributed by atoms with Crippen LogP contribution in [0, 0.1) is 0 Å². The zero-order valence-corrected chi connectivity index (χ0v) is 15.2. The largest absolute Gasteiger partial charge is 0.362 e. The van der Waals surface area contributed by atoms with Crippen molar-refractivity contribution < 1.29 is 13.2 Å². The van der Waals surface area contributed by atoms with Crippen LogP contribution in [0.15, 0.2) is 29.2 Å². The van der Waals surface area contributed by atoms with E-state index in [9.17, 15) is 8.42 Å². The lowest BCUT2D eigenvalue weighted by molar-refractivity contribution is 0.000286. The van der Waals surface area contributed by atoms with E-state index in [1.54, 1.807) is 12.1 Å². The van der Waals surface area contributed by atoms with E-state index >= 15 is 0 Å². The van der Waals surface area contributed by atoms with Crippen LogP contribution in [0.5, 0.6) is 0 Å². The number of benzene rings is 1. The molecule has 1 N–H and O–H groups in total. The van der Waals surface area contributed by atoms with Gasteiger partial charge in [-0.2, -0.15) is 11.8 Å². The summed E-state index contributed by atoms with van der Waals surface area (Å²) in [6, 6.07) is 7.49. The van der Waals surface area contributed by atoms with Crippen LogP contribution >= 0.6 is 11.8 Å². The fraction of sp³-hybridized carbons (Fsp3) is 0.647. The number of rotatable bonds is 5. The molecule has 4 nitrogen and oxygen atoms in total. The van der Waals surface area contributed by atoms with Crippen molar-refractivity contribution in [2.45, 2.75) is 54.5 Å². The molecule has 0 radical (unpaired) electrons. The monoisotopic (exact) mass is 355 g/mol. The molecule has 2 aliphatic rings. The molecular formula is C17H25NO3S2. The molecule has 2 fully saturated rings. The van der Waals surface area contributed by atoms with E-state index in [4.69, 9.17) is 4.74 Å². The van der Waals surface area contributed by atoms with E-state index in [0.717, 1.165) is 31.4 Å². The highest BCUT2D eigenvalue weighted by Crippen LogP contribution is 2.29. The highest BCUT2D eigenvalue weighted by molar-refractivity contribution is 8.00. The van der Waals surface area contributed by atoms with Crippen molar-refractivity contribution in [3.05, 3.63) is 29.8 Å². The average molecular weight is 356 g/mol. The molecule has 3 unspecified atom stereocenters. The summed E-state index contributed by atoms with van der Waals surface area (Å²) in [5.74, 6) is 1.27. The smallest absolute Gasteiger partial charge is 0.175 e. The van der Waals surface area contributed by atoms with Gasteiger partial charge in [0.1, 0.15) is 6.23 Å². The molecule has 0 saturated carbocycles. The Bertz CT molecular complexity index is 609. The molecule has 0 aromatic heterocycles. The Morgan fingerprint density at radius 1 is 1.17 bits per heavy atom. The fourth-order valence-electron chi connectivity index (χ4n) is 3.24. The molecule has 1 aromatic carbocycles. The van der Waals surface area contributed by atoms with Gasteiger partial charge in [-0.05, 0) is 55.6 Å². The zero-order valence-electron chi connectivity index (χ0n) is 13.5. The SMILES string of the molecule is CS(=O)(=O)c1ccc(C2CCCC(OCC3CCCS3)N2)cc1. The Balaban J connectivity index is 1.57.